The summed E-state index contributed by atoms with van der Waals surface area (Å²) in [6.45, 7) is 2.14. The first kappa shape index (κ1) is 14.5. The number of esters is 1. The Morgan fingerprint density at radius 3 is 2.14 bits per heavy atom. The van der Waals surface area contributed by atoms with Gasteiger partial charge in [-0.25, -0.2) is 0 Å². The highest BCUT2D eigenvalue weighted by Crippen LogP contribution is 2.29. The maximum Gasteiger partial charge on any atom is 0.323 e. The quantitative estimate of drug-likeness (QED) is 0.592. The van der Waals surface area contributed by atoms with Crippen LogP contribution in [-0.2, 0) is 16.0 Å². The number of ether oxygens (including phenoxy) is 1. The van der Waals surface area contributed by atoms with E-state index < -0.39 is 6.04 Å². The molecule has 0 heterocycles. The fraction of sp³-hybridized carbons (Fsp3) is 0.211. The lowest BCUT2D eigenvalue weighted by Crippen LogP contribution is -2.34. The van der Waals surface area contributed by atoms with Gasteiger partial charge in [-0.15, -0.1) is 0 Å². The summed E-state index contributed by atoms with van der Waals surface area (Å²) in [6, 6.07) is 17.9. The minimum absolute atomic E-state index is 0.348. The zero-order valence-corrected chi connectivity index (χ0v) is 12.6. The van der Waals surface area contributed by atoms with Crippen molar-refractivity contribution in [3.8, 4) is 0 Å². The third kappa shape index (κ3) is 2.68. The molecule has 3 aromatic rings. The normalized spacial score (nSPS) is 12.5. The Labute approximate surface area is 129 Å². The molecule has 1 atom stereocenters. The molecule has 0 unspecified atom stereocenters. The summed E-state index contributed by atoms with van der Waals surface area (Å²) in [5.41, 5.74) is 7.15. The average Bonchev–Trinajstić information content (AvgIpc) is 2.54. The molecule has 0 aromatic heterocycles. The maximum atomic E-state index is 11.9. The van der Waals surface area contributed by atoms with Crippen molar-refractivity contribution in [2.24, 2.45) is 5.73 Å². The van der Waals surface area contributed by atoms with Gasteiger partial charge in [-0.3, -0.25) is 4.79 Å². The van der Waals surface area contributed by atoms with Gasteiger partial charge >= 0.3 is 5.97 Å². The Morgan fingerprint density at radius 2 is 1.59 bits per heavy atom. The SMILES string of the molecule is CCOC(=O)[C@@H](N)Cc1c2ccccc2cc2ccccc12. The summed E-state index contributed by atoms with van der Waals surface area (Å²) < 4.78 is 5.04. The highest BCUT2D eigenvalue weighted by Gasteiger charge is 2.18. The third-order valence-electron chi connectivity index (χ3n) is 3.90. The Morgan fingerprint density at radius 1 is 1.05 bits per heavy atom. The van der Waals surface area contributed by atoms with E-state index in [4.69, 9.17) is 10.5 Å². The van der Waals surface area contributed by atoms with Crippen LogP contribution in [0.4, 0.5) is 0 Å². The molecule has 0 aliphatic rings. The number of hydrogen-bond donors (Lipinski definition) is 1. The molecule has 3 aromatic carbocycles. The highest BCUT2D eigenvalue weighted by molar-refractivity contribution is 6.02. The second-order valence-corrected chi connectivity index (χ2v) is 5.36. The lowest BCUT2D eigenvalue weighted by atomic mass is 9.93. The number of fused-ring (bicyclic) bond motifs is 2. The molecule has 0 saturated heterocycles. The molecule has 0 radical (unpaired) electrons. The fourth-order valence-electron chi connectivity index (χ4n) is 2.88. The maximum absolute atomic E-state index is 11.9. The molecule has 3 nitrogen and oxygen atoms in total. The third-order valence-corrected chi connectivity index (χ3v) is 3.90. The predicted octanol–water partition coefficient (Wildman–Crippen LogP) is 3.43. The molecular weight excluding hydrogens is 274 g/mol. The van der Waals surface area contributed by atoms with Crippen LogP contribution in [0.3, 0.4) is 0 Å². The van der Waals surface area contributed by atoms with E-state index in [-0.39, 0.29) is 5.97 Å². The molecule has 0 saturated carbocycles. The van der Waals surface area contributed by atoms with Gasteiger partial charge in [0.05, 0.1) is 6.61 Å². The van der Waals surface area contributed by atoms with Crippen molar-refractivity contribution in [3.63, 3.8) is 0 Å². The summed E-state index contributed by atoms with van der Waals surface area (Å²) in [6.07, 6.45) is 0.473. The van der Waals surface area contributed by atoms with Crippen LogP contribution in [0.5, 0.6) is 0 Å². The molecule has 2 N–H and O–H groups in total. The van der Waals surface area contributed by atoms with E-state index in [9.17, 15) is 4.79 Å². The van der Waals surface area contributed by atoms with Gasteiger partial charge in [0.1, 0.15) is 6.04 Å². The van der Waals surface area contributed by atoms with E-state index in [1.165, 1.54) is 0 Å². The van der Waals surface area contributed by atoms with Crippen molar-refractivity contribution >= 4 is 27.5 Å². The first-order valence-corrected chi connectivity index (χ1v) is 7.52. The minimum atomic E-state index is -0.644. The van der Waals surface area contributed by atoms with Gasteiger partial charge in [-0.2, -0.15) is 0 Å². The zero-order valence-electron chi connectivity index (χ0n) is 12.6. The summed E-state index contributed by atoms with van der Waals surface area (Å²) in [5, 5.41) is 4.60. The van der Waals surface area contributed by atoms with Crippen molar-refractivity contribution < 1.29 is 9.53 Å². The van der Waals surface area contributed by atoms with Crippen LogP contribution in [0, 0.1) is 0 Å². The van der Waals surface area contributed by atoms with Crippen LogP contribution in [-0.4, -0.2) is 18.6 Å². The number of carbonyl (C=O) groups is 1. The highest BCUT2D eigenvalue weighted by atomic mass is 16.5. The zero-order chi connectivity index (χ0) is 15.5. The summed E-state index contributed by atoms with van der Waals surface area (Å²) in [7, 11) is 0. The number of hydrogen-bond acceptors (Lipinski definition) is 3. The van der Waals surface area contributed by atoms with Gasteiger partial charge < -0.3 is 10.5 Å². The molecular formula is C19H19NO2. The molecule has 0 aliphatic carbocycles. The molecule has 3 rings (SSSR count). The molecule has 0 fully saturated rings. The van der Waals surface area contributed by atoms with Crippen molar-refractivity contribution in [2.45, 2.75) is 19.4 Å². The van der Waals surface area contributed by atoms with Crippen molar-refractivity contribution in [1.82, 2.24) is 0 Å². The second kappa shape index (κ2) is 6.16. The largest absolute Gasteiger partial charge is 0.465 e. The van der Waals surface area contributed by atoms with Crippen LogP contribution >= 0.6 is 0 Å². The average molecular weight is 293 g/mol. The molecule has 0 amide bonds. The van der Waals surface area contributed by atoms with Gasteiger partial charge in [0, 0.05) is 0 Å². The standard InChI is InChI=1S/C19H19NO2/c1-2-22-19(21)18(20)12-17-15-9-5-3-7-13(15)11-14-8-4-6-10-16(14)17/h3-11,18H,2,12,20H2,1H3/t18-/m0/s1. The van der Waals surface area contributed by atoms with Gasteiger partial charge in [-0.1, -0.05) is 48.5 Å². The summed E-state index contributed by atoms with van der Waals surface area (Å²) >= 11 is 0. The Balaban J connectivity index is 2.14. The monoisotopic (exact) mass is 293 g/mol. The van der Waals surface area contributed by atoms with Crippen LogP contribution in [0.15, 0.2) is 54.6 Å². The summed E-state index contributed by atoms with van der Waals surface area (Å²) in [5.74, 6) is -0.348. The Bertz CT molecular complexity index is 772. The van der Waals surface area contributed by atoms with E-state index in [1.807, 2.05) is 24.3 Å². The summed E-state index contributed by atoms with van der Waals surface area (Å²) in [4.78, 5) is 11.9. The molecule has 3 heteroatoms. The topological polar surface area (TPSA) is 52.3 Å². The van der Waals surface area contributed by atoms with Crippen LogP contribution < -0.4 is 5.73 Å². The van der Waals surface area contributed by atoms with E-state index in [2.05, 4.69) is 30.3 Å². The van der Waals surface area contributed by atoms with E-state index in [1.54, 1.807) is 6.92 Å². The molecule has 112 valence electrons. The fourth-order valence-corrected chi connectivity index (χ4v) is 2.88. The Kier molecular flexibility index (Phi) is 4.07. The van der Waals surface area contributed by atoms with Gasteiger partial charge in [0.15, 0.2) is 0 Å². The number of rotatable bonds is 4. The lowest BCUT2D eigenvalue weighted by Gasteiger charge is -2.15. The molecule has 0 bridgehead atoms. The van der Waals surface area contributed by atoms with E-state index in [0.717, 1.165) is 27.1 Å². The van der Waals surface area contributed by atoms with Gasteiger partial charge in [-0.05, 0) is 46.5 Å². The first-order valence-electron chi connectivity index (χ1n) is 7.52. The number of carbonyl (C=O) groups excluding carboxylic acids is 1. The smallest absolute Gasteiger partial charge is 0.323 e. The first-order chi connectivity index (χ1) is 10.7. The molecule has 0 spiro atoms. The Hall–Kier alpha value is -2.39. The van der Waals surface area contributed by atoms with Crippen LogP contribution in [0.25, 0.3) is 21.5 Å². The number of nitrogens with two attached hydrogens (primary N) is 1. The van der Waals surface area contributed by atoms with Crippen LogP contribution in [0.1, 0.15) is 12.5 Å². The van der Waals surface area contributed by atoms with Crippen LogP contribution in [0.2, 0.25) is 0 Å². The molecule has 0 aliphatic heterocycles. The van der Waals surface area contributed by atoms with Crippen molar-refractivity contribution in [3.05, 3.63) is 60.2 Å². The van der Waals surface area contributed by atoms with E-state index in [0.29, 0.717) is 13.0 Å². The van der Waals surface area contributed by atoms with Gasteiger partial charge in [0.2, 0.25) is 0 Å². The lowest BCUT2D eigenvalue weighted by molar-refractivity contribution is -0.144. The van der Waals surface area contributed by atoms with E-state index >= 15 is 0 Å². The molecule has 22 heavy (non-hydrogen) atoms. The van der Waals surface area contributed by atoms with Crippen molar-refractivity contribution in [2.75, 3.05) is 6.61 Å². The number of benzene rings is 3. The van der Waals surface area contributed by atoms with Gasteiger partial charge in [0.25, 0.3) is 0 Å². The van der Waals surface area contributed by atoms with Crippen molar-refractivity contribution in [1.29, 1.82) is 0 Å². The second-order valence-electron chi connectivity index (χ2n) is 5.36. The minimum Gasteiger partial charge on any atom is -0.465 e. The predicted molar refractivity (Wildman–Crippen MR) is 89.8 cm³/mol.